The van der Waals surface area contributed by atoms with Gasteiger partial charge < -0.3 is 0 Å². The zero-order valence-corrected chi connectivity index (χ0v) is 10.1. The molecule has 2 aromatic carbocycles. The van der Waals surface area contributed by atoms with Gasteiger partial charge in [0, 0.05) is 5.56 Å². The van der Waals surface area contributed by atoms with Crippen LogP contribution in [-0.2, 0) is 6.18 Å². The minimum atomic E-state index is -4.52. The van der Waals surface area contributed by atoms with Crippen LogP contribution in [0.1, 0.15) is 16.7 Å². The Kier molecular flexibility index (Phi) is 3.30. The van der Waals surface area contributed by atoms with Gasteiger partial charge in [0.25, 0.3) is 0 Å². The Morgan fingerprint density at radius 2 is 1.63 bits per heavy atom. The SMILES string of the molecule is Cc1ccc(-c2cccc(C(F)(F)F)c2C#N)cc1. The molecule has 0 radical (unpaired) electrons. The number of hydrogen-bond donors (Lipinski definition) is 0. The van der Waals surface area contributed by atoms with Crippen molar-refractivity contribution >= 4 is 0 Å². The average Bonchev–Trinajstić information content (AvgIpc) is 2.37. The third-order valence-electron chi connectivity index (χ3n) is 2.84. The van der Waals surface area contributed by atoms with Crippen LogP contribution in [0.25, 0.3) is 11.1 Å². The van der Waals surface area contributed by atoms with Gasteiger partial charge >= 0.3 is 6.18 Å². The molecule has 0 aliphatic carbocycles. The molecule has 0 heterocycles. The first-order chi connectivity index (χ1) is 8.93. The molecule has 0 spiro atoms. The highest BCUT2D eigenvalue weighted by Gasteiger charge is 2.34. The first-order valence-electron chi connectivity index (χ1n) is 5.61. The number of halogens is 3. The van der Waals surface area contributed by atoms with Crippen LogP contribution in [0.5, 0.6) is 0 Å². The molecule has 0 amide bonds. The van der Waals surface area contributed by atoms with E-state index in [0.717, 1.165) is 11.6 Å². The lowest BCUT2D eigenvalue weighted by molar-refractivity contribution is -0.137. The summed E-state index contributed by atoms with van der Waals surface area (Å²) in [5, 5.41) is 9.03. The monoisotopic (exact) mass is 261 g/mol. The predicted molar refractivity (Wildman–Crippen MR) is 66.3 cm³/mol. The van der Waals surface area contributed by atoms with Crippen molar-refractivity contribution < 1.29 is 13.2 Å². The van der Waals surface area contributed by atoms with Gasteiger partial charge in [0.2, 0.25) is 0 Å². The van der Waals surface area contributed by atoms with E-state index in [1.807, 2.05) is 6.92 Å². The third kappa shape index (κ3) is 2.60. The number of aryl methyl sites for hydroxylation is 1. The number of rotatable bonds is 1. The second kappa shape index (κ2) is 4.77. The summed E-state index contributed by atoms with van der Waals surface area (Å²) >= 11 is 0. The van der Waals surface area contributed by atoms with Crippen LogP contribution in [0.4, 0.5) is 13.2 Å². The molecule has 4 heteroatoms. The fraction of sp³-hybridized carbons (Fsp3) is 0.133. The zero-order chi connectivity index (χ0) is 14.0. The van der Waals surface area contributed by atoms with E-state index in [1.54, 1.807) is 30.3 Å². The van der Waals surface area contributed by atoms with E-state index < -0.39 is 11.7 Å². The van der Waals surface area contributed by atoms with E-state index >= 15 is 0 Å². The van der Waals surface area contributed by atoms with Crippen LogP contribution in [0.2, 0.25) is 0 Å². The summed E-state index contributed by atoms with van der Waals surface area (Å²) in [7, 11) is 0. The topological polar surface area (TPSA) is 23.8 Å². The maximum absolute atomic E-state index is 12.8. The maximum Gasteiger partial charge on any atom is 0.417 e. The second-order valence-electron chi connectivity index (χ2n) is 4.20. The van der Waals surface area contributed by atoms with Gasteiger partial charge in [0.05, 0.1) is 11.1 Å². The van der Waals surface area contributed by atoms with Crippen molar-refractivity contribution in [2.45, 2.75) is 13.1 Å². The van der Waals surface area contributed by atoms with E-state index in [2.05, 4.69) is 0 Å². The maximum atomic E-state index is 12.8. The van der Waals surface area contributed by atoms with Crippen molar-refractivity contribution in [3.63, 3.8) is 0 Å². The lowest BCUT2D eigenvalue weighted by atomic mass is 9.95. The van der Waals surface area contributed by atoms with Crippen molar-refractivity contribution in [2.75, 3.05) is 0 Å². The fourth-order valence-electron chi connectivity index (χ4n) is 1.88. The van der Waals surface area contributed by atoms with Crippen LogP contribution in [0, 0.1) is 18.3 Å². The van der Waals surface area contributed by atoms with Crippen LogP contribution in [0.15, 0.2) is 42.5 Å². The third-order valence-corrected chi connectivity index (χ3v) is 2.84. The lowest BCUT2D eigenvalue weighted by Gasteiger charge is -2.12. The molecule has 0 unspecified atom stereocenters. The summed E-state index contributed by atoms with van der Waals surface area (Å²) in [4.78, 5) is 0. The molecule has 96 valence electrons. The molecule has 2 aromatic rings. The number of hydrogen-bond acceptors (Lipinski definition) is 1. The molecule has 0 bridgehead atoms. The van der Waals surface area contributed by atoms with Crippen molar-refractivity contribution in [2.24, 2.45) is 0 Å². The summed E-state index contributed by atoms with van der Waals surface area (Å²) < 4.78 is 38.5. The molecule has 0 atom stereocenters. The van der Waals surface area contributed by atoms with Gasteiger partial charge in [-0.2, -0.15) is 18.4 Å². The minimum Gasteiger partial charge on any atom is -0.192 e. The Morgan fingerprint density at radius 1 is 1.00 bits per heavy atom. The number of nitriles is 1. The average molecular weight is 261 g/mol. The summed E-state index contributed by atoms with van der Waals surface area (Å²) in [5.41, 5.74) is 0.687. The van der Waals surface area contributed by atoms with Crippen molar-refractivity contribution in [1.29, 1.82) is 5.26 Å². The van der Waals surface area contributed by atoms with Crippen molar-refractivity contribution in [1.82, 2.24) is 0 Å². The summed E-state index contributed by atoms with van der Waals surface area (Å²) in [6.07, 6.45) is -4.52. The molecular formula is C15H10F3N. The first kappa shape index (κ1) is 13.2. The van der Waals surface area contributed by atoms with Gasteiger partial charge in [0.15, 0.2) is 0 Å². The van der Waals surface area contributed by atoms with E-state index in [4.69, 9.17) is 5.26 Å². The fourth-order valence-corrected chi connectivity index (χ4v) is 1.88. The number of nitrogens with zero attached hydrogens (tertiary/aromatic N) is 1. The molecule has 2 rings (SSSR count). The first-order valence-corrected chi connectivity index (χ1v) is 5.61. The summed E-state index contributed by atoms with van der Waals surface area (Å²) in [5.74, 6) is 0. The molecule has 0 N–H and O–H groups in total. The highest BCUT2D eigenvalue weighted by molar-refractivity contribution is 5.72. The minimum absolute atomic E-state index is 0.303. The second-order valence-corrected chi connectivity index (χ2v) is 4.20. The van der Waals surface area contributed by atoms with Gasteiger partial charge in [-0.05, 0) is 18.6 Å². The van der Waals surface area contributed by atoms with Crippen LogP contribution >= 0.6 is 0 Å². The smallest absolute Gasteiger partial charge is 0.192 e. The lowest BCUT2D eigenvalue weighted by Crippen LogP contribution is -2.08. The Labute approximate surface area is 108 Å². The molecule has 0 aliphatic rings. The number of alkyl halides is 3. The van der Waals surface area contributed by atoms with Crippen LogP contribution in [0.3, 0.4) is 0 Å². The summed E-state index contributed by atoms with van der Waals surface area (Å²) in [6, 6.07) is 12.5. The molecule has 0 fully saturated rings. The van der Waals surface area contributed by atoms with Crippen molar-refractivity contribution in [3.05, 3.63) is 59.2 Å². The number of benzene rings is 2. The van der Waals surface area contributed by atoms with Gasteiger partial charge in [0.1, 0.15) is 6.07 Å². The Bertz CT molecular complexity index is 634. The van der Waals surface area contributed by atoms with E-state index in [0.29, 0.717) is 11.1 Å². The van der Waals surface area contributed by atoms with E-state index in [9.17, 15) is 13.2 Å². The molecule has 0 saturated carbocycles. The quantitative estimate of drug-likeness (QED) is 0.738. The van der Waals surface area contributed by atoms with Crippen LogP contribution in [-0.4, -0.2) is 0 Å². The van der Waals surface area contributed by atoms with Gasteiger partial charge in [-0.3, -0.25) is 0 Å². The largest absolute Gasteiger partial charge is 0.417 e. The highest BCUT2D eigenvalue weighted by atomic mass is 19.4. The molecule has 0 aliphatic heterocycles. The van der Waals surface area contributed by atoms with Gasteiger partial charge in [-0.25, -0.2) is 0 Å². The predicted octanol–water partition coefficient (Wildman–Crippen LogP) is 4.55. The molecule has 1 nitrogen and oxygen atoms in total. The Hall–Kier alpha value is -2.28. The van der Waals surface area contributed by atoms with Crippen LogP contribution < -0.4 is 0 Å². The Balaban J connectivity index is 2.65. The zero-order valence-electron chi connectivity index (χ0n) is 10.1. The van der Waals surface area contributed by atoms with E-state index in [1.165, 1.54) is 12.1 Å². The molecule has 0 aromatic heterocycles. The normalized spacial score (nSPS) is 11.1. The molecular weight excluding hydrogens is 251 g/mol. The molecule has 19 heavy (non-hydrogen) atoms. The Morgan fingerprint density at radius 3 is 2.16 bits per heavy atom. The van der Waals surface area contributed by atoms with Gasteiger partial charge in [-0.1, -0.05) is 42.0 Å². The summed E-state index contributed by atoms with van der Waals surface area (Å²) in [6.45, 7) is 1.89. The standard InChI is InChI=1S/C15H10F3N/c1-10-5-7-11(8-6-10)12-3-2-4-14(13(12)9-19)15(16,17)18/h2-8H,1H3. The van der Waals surface area contributed by atoms with Gasteiger partial charge in [-0.15, -0.1) is 0 Å². The molecule has 0 saturated heterocycles. The highest BCUT2D eigenvalue weighted by Crippen LogP contribution is 2.36. The van der Waals surface area contributed by atoms with Crippen molar-refractivity contribution in [3.8, 4) is 17.2 Å². The van der Waals surface area contributed by atoms with E-state index in [-0.39, 0.29) is 5.56 Å².